The second-order valence-corrected chi connectivity index (χ2v) is 5.88. The van der Waals surface area contributed by atoms with Gasteiger partial charge in [0.1, 0.15) is 6.07 Å². The van der Waals surface area contributed by atoms with Crippen molar-refractivity contribution in [1.29, 1.82) is 5.26 Å². The summed E-state index contributed by atoms with van der Waals surface area (Å²) in [5.74, 6) is 1.15. The number of nitrogens with zero attached hydrogens (tertiary/aromatic N) is 2. The Morgan fingerprint density at radius 1 is 1.12 bits per heavy atom. The number of ether oxygens (including phenoxy) is 2. The molecule has 0 bridgehead atoms. The Morgan fingerprint density at radius 2 is 1.88 bits per heavy atom. The molecule has 2 heterocycles. The van der Waals surface area contributed by atoms with Crippen LogP contribution >= 0.6 is 0 Å². The molecule has 0 spiro atoms. The molecule has 0 fully saturated rings. The lowest BCUT2D eigenvalue weighted by Gasteiger charge is -2.10. The van der Waals surface area contributed by atoms with Gasteiger partial charge >= 0.3 is 6.18 Å². The average Bonchev–Trinajstić information content (AvgIpc) is 3.21. The van der Waals surface area contributed by atoms with Gasteiger partial charge in [-0.25, -0.2) is 0 Å². The van der Waals surface area contributed by atoms with Crippen molar-refractivity contribution in [1.82, 2.24) is 4.57 Å². The Morgan fingerprint density at radius 3 is 2.58 bits per heavy atom. The number of fused-ring (bicyclic) bond motifs is 2. The van der Waals surface area contributed by atoms with E-state index in [1.165, 1.54) is 6.07 Å². The molecule has 0 aliphatic carbocycles. The molecule has 0 unspecified atom stereocenters. The zero-order valence-corrected chi connectivity index (χ0v) is 13.7. The van der Waals surface area contributed by atoms with Crippen molar-refractivity contribution in [2.24, 2.45) is 0 Å². The summed E-state index contributed by atoms with van der Waals surface area (Å²) in [6, 6.07) is 10.9. The van der Waals surface area contributed by atoms with Crippen LogP contribution in [-0.2, 0) is 12.7 Å². The third-order valence-electron chi connectivity index (χ3n) is 4.47. The van der Waals surface area contributed by atoms with Crippen LogP contribution in [0.3, 0.4) is 0 Å². The van der Waals surface area contributed by atoms with Gasteiger partial charge in [-0.05, 0) is 37.3 Å². The molecule has 0 atom stereocenters. The number of halogens is 3. The molecule has 4 nitrogen and oxygen atoms in total. The summed E-state index contributed by atoms with van der Waals surface area (Å²) < 4.78 is 51.7. The quantitative estimate of drug-likeness (QED) is 0.651. The fourth-order valence-corrected chi connectivity index (χ4v) is 3.31. The van der Waals surface area contributed by atoms with Gasteiger partial charge in [-0.3, -0.25) is 0 Å². The lowest BCUT2D eigenvalue weighted by molar-refractivity contribution is -0.137. The molecule has 1 aliphatic rings. The second-order valence-electron chi connectivity index (χ2n) is 5.88. The van der Waals surface area contributed by atoms with Crippen LogP contribution in [0.2, 0.25) is 0 Å². The van der Waals surface area contributed by atoms with Crippen LogP contribution in [0.15, 0.2) is 36.4 Å². The van der Waals surface area contributed by atoms with E-state index in [0.29, 0.717) is 45.8 Å². The molecule has 2 aromatic carbocycles. The summed E-state index contributed by atoms with van der Waals surface area (Å²) in [5.41, 5.74) is 1.25. The van der Waals surface area contributed by atoms with Gasteiger partial charge in [-0.2, -0.15) is 18.4 Å². The van der Waals surface area contributed by atoms with Gasteiger partial charge in [-0.1, -0.05) is 6.07 Å². The van der Waals surface area contributed by atoms with Crippen LogP contribution in [0.5, 0.6) is 11.5 Å². The summed E-state index contributed by atoms with van der Waals surface area (Å²) in [4.78, 5) is 0. The summed E-state index contributed by atoms with van der Waals surface area (Å²) in [7, 11) is 0. The highest BCUT2D eigenvalue weighted by molar-refractivity contribution is 5.95. The summed E-state index contributed by atoms with van der Waals surface area (Å²) in [6.07, 6.45) is -4.44. The van der Waals surface area contributed by atoms with Gasteiger partial charge in [0, 0.05) is 17.5 Å². The first-order chi connectivity index (χ1) is 12.4. The van der Waals surface area contributed by atoms with Gasteiger partial charge in [0.15, 0.2) is 11.5 Å². The smallest absolute Gasteiger partial charge is 0.416 e. The van der Waals surface area contributed by atoms with Crippen molar-refractivity contribution in [3.05, 3.63) is 47.5 Å². The maximum absolute atomic E-state index is 13.1. The van der Waals surface area contributed by atoms with E-state index < -0.39 is 11.7 Å². The molecular weight excluding hydrogens is 345 g/mol. The van der Waals surface area contributed by atoms with Crippen LogP contribution in [0.4, 0.5) is 13.2 Å². The summed E-state index contributed by atoms with van der Waals surface area (Å²) in [5, 5.41) is 10.2. The molecule has 0 saturated heterocycles. The Balaban J connectivity index is 2.01. The van der Waals surface area contributed by atoms with E-state index in [4.69, 9.17) is 9.47 Å². The molecule has 0 radical (unpaired) electrons. The van der Waals surface area contributed by atoms with Gasteiger partial charge < -0.3 is 14.0 Å². The lowest BCUT2D eigenvalue weighted by Crippen LogP contribution is -2.05. The molecule has 132 valence electrons. The van der Waals surface area contributed by atoms with Crippen LogP contribution in [0, 0.1) is 11.3 Å². The van der Waals surface area contributed by atoms with E-state index in [1.807, 2.05) is 6.92 Å². The first-order valence-electron chi connectivity index (χ1n) is 7.97. The Bertz CT molecular complexity index is 1060. The lowest BCUT2D eigenvalue weighted by atomic mass is 10.0. The van der Waals surface area contributed by atoms with Crippen LogP contribution in [0.1, 0.15) is 18.1 Å². The van der Waals surface area contributed by atoms with Crippen molar-refractivity contribution in [2.75, 3.05) is 6.79 Å². The van der Waals surface area contributed by atoms with Gasteiger partial charge in [0.25, 0.3) is 0 Å². The Hall–Kier alpha value is -3.14. The van der Waals surface area contributed by atoms with E-state index in [1.54, 1.807) is 22.8 Å². The predicted octanol–water partition coefficient (Wildman–Crippen LogP) is 4.95. The monoisotopic (exact) mass is 358 g/mol. The van der Waals surface area contributed by atoms with Crippen LogP contribution in [0.25, 0.3) is 22.2 Å². The first-order valence-corrected chi connectivity index (χ1v) is 7.97. The molecule has 26 heavy (non-hydrogen) atoms. The maximum atomic E-state index is 13.1. The van der Waals surface area contributed by atoms with Crippen LogP contribution < -0.4 is 9.47 Å². The maximum Gasteiger partial charge on any atom is 0.416 e. The van der Waals surface area contributed by atoms with Gasteiger partial charge in [0.2, 0.25) is 6.79 Å². The molecule has 1 aliphatic heterocycles. The van der Waals surface area contributed by atoms with Crippen LogP contribution in [-0.4, -0.2) is 11.4 Å². The van der Waals surface area contributed by atoms with Crippen molar-refractivity contribution in [2.45, 2.75) is 19.6 Å². The topological polar surface area (TPSA) is 47.2 Å². The highest BCUT2D eigenvalue weighted by atomic mass is 19.4. The normalized spacial score (nSPS) is 13.2. The fourth-order valence-electron chi connectivity index (χ4n) is 3.31. The van der Waals surface area contributed by atoms with Crippen molar-refractivity contribution in [3.63, 3.8) is 0 Å². The molecule has 0 N–H and O–H groups in total. The highest BCUT2D eigenvalue weighted by Gasteiger charge is 2.31. The molecule has 4 rings (SSSR count). The molecule has 0 amide bonds. The van der Waals surface area contributed by atoms with Gasteiger partial charge in [-0.15, -0.1) is 0 Å². The standard InChI is InChI=1S/C19H13F3N2O2/c1-2-24-15-8-12(19(20,21)22)4-5-13(15)14(9-23)18(24)11-3-6-16-17(7-11)26-10-25-16/h3-8H,2,10H2,1H3. The fraction of sp³-hybridized carbons (Fsp3) is 0.211. The molecule has 1 aromatic heterocycles. The minimum absolute atomic E-state index is 0.121. The zero-order valence-electron chi connectivity index (χ0n) is 13.7. The third-order valence-corrected chi connectivity index (χ3v) is 4.47. The zero-order chi connectivity index (χ0) is 18.5. The van der Waals surface area contributed by atoms with E-state index in [9.17, 15) is 18.4 Å². The number of aromatic nitrogens is 1. The Kier molecular flexibility index (Phi) is 3.58. The second kappa shape index (κ2) is 5.70. The number of hydrogen-bond acceptors (Lipinski definition) is 3. The van der Waals surface area contributed by atoms with E-state index in [-0.39, 0.29) is 6.79 Å². The molecule has 3 aromatic rings. The van der Waals surface area contributed by atoms with E-state index in [0.717, 1.165) is 12.1 Å². The predicted molar refractivity (Wildman–Crippen MR) is 88.9 cm³/mol. The number of rotatable bonds is 2. The average molecular weight is 358 g/mol. The minimum atomic E-state index is -4.44. The van der Waals surface area contributed by atoms with Crippen molar-refractivity contribution >= 4 is 10.9 Å². The summed E-state index contributed by atoms with van der Waals surface area (Å²) in [6.45, 7) is 2.37. The summed E-state index contributed by atoms with van der Waals surface area (Å²) >= 11 is 0. The van der Waals surface area contributed by atoms with E-state index >= 15 is 0 Å². The number of alkyl halides is 3. The molecule has 7 heteroatoms. The van der Waals surface area contributed by atoms with E-state index in [2.05, 4.69) is 6.07 Å². The SMILES string of the molecule is CCn1c(-c2ccc3c(c2)OCO3)c(C#N)c2ccc(C(F)(F)F)cc21. The minimum Gasteiger partial charge on any atom is -0.454 e. The number of aryl methyl sites for hydroxylation is 1. The number of benzene rings is 2. The third kappa shape index (κ3) is 2.37. The molecular formula is C19H13F3N2O2. The highest BCUT2D eigenvalue weighted by Crippen LogP contribution is 2.41. The van der Waals surface area contributed by atoms with Crippen molar-refractivity contribution < 1.29 is 22.6 Å². The van der Waals surface area contributed by atoms with Crippen molar-refractivity contribution in [3.8, 4) is 28.8 Å². The van der Waals surface area contributed by atoms with Gasteiger partial charge in [0.05, 0.1) is 22.3 Å². The number of nitriles is 1. The number of hydrogen-bond donors (Lipinski definition) is 0. The Labute approximate surface area is 147 Å². The molecule has 0 saturated carbocycles. The largest absolute Gasteiger partial charge is 0.454 e. The first kappa shape index (κ1) is 16.3.